The number of hydrogen-bond donors (Lipinski definition) is 2. The van der Waals surface area contributed by atoms with Crippen LogP contribution in [0.4, 0.5) is 5.69 Å². The van der Waals surface area contributed by atoms with Gasteiger partial charge in [-0.1, -0.05) is 26.0 Å². The zero-order valence-electron chi connectivity index (χ0n) is 16.1. The lowest BCUT2D eigenvalue weighted by Crippen LogP contribution is -2.34. The van der Waals surface area contributed by atoms with Crippen LogP contribution in [0.5, 0.6) is 0 Å². The highest BCUT2D eigenvalue weighted by atomic mass is 32.2. The number of nitrogens with one attached hydrogen (secondary N) is 2. The third-order valence-electron chi connectivity index (χ3n) is 4.59. The minimum Gasteiger partial charge on any atom is -0.441 e. The average molecular weight is 412 g/mol. The van der Waals surface area contributed by atoms with Crippen LogP contribution in [0.15, 0.2) is 56.8 Å². The van der Waals surface area contributed by atoms with Gasteiger partial charge in [-0.3, -0.25) is 14.5 Å². The van der Waals surface area contributed by atoms with Crippen molar-refractivity contribution in [3.63, 3.8) is 0 Å². The summed E-state index contributed by atoms with van der Waals surface area (Å²) in [5.74, 6) is 0.229. The molecule has 4 rings (SSSR count). The predicted octanol–water partition coefficient (Wildman–Crippen LogP) is 2.84. The van der Waals surface area contributed by atoms with E-state index in [1.54, 1.807) is 43.3 Å². The van der Waals surface area contributed by atoms with Crippen LogP contribution in [0.1, 0.15) is 25.3 Å². The molecular formula is C20H20N4O4S. The third kappa shape index (κ3) is 3.61. The van der Waals surface area contributed by atoms with E-state index < -0.39 is 16.1 Å². The van der Waals surface area contributed by atoms with E-state index in [2.05, 4.69) is 20.0 Å². The SMILES string of the molecule is Cc1nc2cc(NC(=O)[C@@H](N=C3NS(=O)(=O)c4ccccc43)C(C)C)ccc2o1. The standard InChI is InChI=1S/C20H20N4O4S/c1-11(2)18(23-19-14-6-4-5-7-17(14)29(26,27)24-19)20(25)22-13-8-9-16-15(10-13)21-12(3)28-16/h4-11,18H,1-3H3,(H,22,25)(H,23,24)/t18-/m0/s1. The zero-order chi connectivity index (χ0) is 20.8. The van der Waals surface area contributed by atoms with Crippen molar-refractivity contribution in [2.45, 2.75) is 31.7 Å². The highest BCUT2D eigenvalue weighted by Crippen LogP contribution is 2.24. The maximum atomic E-state index is 12.9. The first-order valence-corrected chi connectivity index (χ1v) is 10.6. The Kier molecular flexibility index (Phi) is 4.62. The minimum atomic E-state index is -3.66. The van der Waals surface area contributed by atoms with Crippen molar-refractivity contribution < 1.29 is 17.6 Å². The monoisotopic (exact) mass is 412 g/mol. The van der Waals surface area contributed by atoms with Gasteiger partial charge in [0.15, 0.2) is 11.5 Å². The maximum absolute atomic E-state index is 12.9. The van der Waals surface area contributed by atoms with E-state index in [9.17, 15) is 13.2 Å². The van der Waals surface area contributed by atoms with Crippen LogP contribution in [0, 0.1) is 12.8 Å². The lowest BCUT2D eigenvalue weighted by atomic mass is 10.0. The van der Waals surface area contributed by atoms with Crippen LogP contribution >= 0.6 is 0 Å². The van der Waals surface area contributed by atoms with Crippen molar-refractivity contribution in [3.05, 3.63) is 53.9 Å². The van der Waals surface area contributed by atoms with Gasteiger partial charge in [0.05, 0.1) is 4.90 Å². The fourth-order valence-corrected chi connectivity index (χ4v) is 4.45. The van der Waals surface area contributed by atoms with Gasteiger partial charge in [0.2, 0.25) is 5.91 Å². The molecular weight excluding hydrogens is 392 g/mol. The normalized spacial score (nSPS) is 17.3. The van der Waals surface area contributed by atoms with Crippen LogP contribution in [-0.2, 0) is 14.8 Å². The lowest BCUT2D eigenvalue weighted by molar-refractivity contribution is -0.118. The number of amidine groups is 1. The molecule has 2 heterocycles. The number of nitrogens with zero attached hydrogens (tertiary/aromatic N) is 2. The number of fused-ring (bicyclic) bond motifs is 2. The van der Waals surface area contributed by atoms with Gasteiger partial charge in [-0.2, -0.15) is 0 Å². The molecule has 1 aromatic heterocycles. The number of amides is 1. The Morgan fingerprint density at radius 1 is 1.21 bits per heavy atom. The second-order valence-corrected chi connectivity index (χ2v) is 8.82. The number of anilines is 1. The highest BCUT2D eigenvalue weighted by Gasteiger charge is 2.32. The van der Waals surface area contributed by atoms with Gasteiger partial charge in [-0.05, 0) is 36.2 Å². The van der Waals surface area contributed by atoms with Crippen molar-refractivity contribution in [1.82, 2.24) is 9.71 Å². The Bertz CT molecular complexity index is 1240. The number of carbonyl (C=O) groups excluding carboxylic acids is 1. The van der Waals surface area contributed by atoms with Crippen molar-refractivity contribution in [2.75, 3.05) is 5.32 Å². The molecule has 1 aliphatic heterocycles. The number of carbonyl (C=O) groups is 1. The van der Waals surface area contributed by atoms with Crippen molar-refractivity contribution in [3.8, 4) is 0 Å². The van der Waals surface area contributed by atoms with E-state index >= 15 is 0 Å². The zero-order valence-corrected chi connectivity index (χ0v) is 16.9. The molecule has 29 heavy (non-hydrogen) atoms. The van der Waals surface area contributed by atoms with Gasteiger partial charge in [-0.15, -0.1) is 0 Å². The van der Waals surface area contributed by atoms with E-state index in [4.69, 9.17) is 4.42 Å². The number of oxazole rings is 1. The number of benzene rings is 2. The summed E-state index contributed by atoms with van der Waals surface area (Å²) in [6.45, 7) is 5.46. The first-order valence-electron chi connectivity index (χ1n) is 9.13. The summed E-state index contributed by atoms with van der Waals surface area (Å²) >= 11 is 0. The molecule has 0 saturated carbocycles. The van der Waals surface area contributed by atoms with E-state index in [0.29, 0.717) is 28.2 Å². The summed E-state index contributed by atoms with van der Waals surface area (Å²) in [4.78, 5) is 21.8. The fourth-order valence-electron chi connectivity index (χ4n) is 3.22. The lowest BCUT2D eigenvalue weighted by Gasteiger charge is -2.17. The Labute approximate surface area is 168 Å². The van der Waals surface area contributed by atoms with Gasteiger partial charge < -0.3 is 9.73 Å². The summed E-state index contributed by atoms with van der Waals surface area (Å²) in [5.41, 5.74) is 2.31. The maximum Gasteiger partial charge on any atom is 0.263 e. The van der Waals surface area contributed by atoms with Crippen molar-refractivity contribution >= 4 is 38.6 Å². The Morgan fingerprint density at radius 2 is 1.97 bits per heavy atom. The Morgan fingerprint density at radius 3 is 2.72 bits per heavy atom. The summed E-state index contributed by atoms with van der Waals surface area (Å²) < 4.78 is 32.5. The summed E-state index contributed by atoms with van der Waals surface area (Å²) in [6.07, 6.45) is 0. The van der Waals surface area contributed by atoms with Crippen molar-refractivity contribution in [1.29, 1.82) is 0 Å². The number of aryl methyl sites for hydroxylation is 1. The number of rotatable bonds is 4. The van der Waals surface area contributed by atoms with Gasteiger partial charge in [0.25, 0.3) is 10.0 Å². The molecule has 3 aromatic rings. The van der Waals surface area contributed by atoms with Gasteiger partial charge in [-0.25, -0.2) is 13.4 Å². The molecule has 0 spiro atoms. The Balaban J connectivity index is 1.64. The molecule has 1 atom stereocenters. The first kappa shape index (κ1) is 19.1. The van der Waals surface area contributed by atoms with Gasteiger partial charge >= 0.3 is 0 Å². The van der Waals surface area contributed by atoms with E-state index in [1.165, 1.54) is 6.07 Å². The average Bonchev–Trinajstić information content (AvgIpc) is 3.15. The molecule has 150 valence electrons. The van der Waals surface area contributed by atoms with Crippen LogP contribution in [0.25, 0.3) is 11.1 Å². The number of aromatic nitrogens is 1. The molecule has 0 saturated heterocycles. The van der Waals surface area contributed by atoms with E-state index in [0.717, 1.165) is 0 Å². The predicted molar refractivity (Wildman–Crippen MR) is 109 cm³/mol. The highest BCUT2D eigenvalue weighted by molar-refractivity contribution is 7.90. The van der Waals surface area contributed by atoms with Crippen LogP contribution in [-0.4, -0.2) is 31.2 Å². The van der Waals surface area contributed by atoms with E-state index in [1.807, 2.05) is 13.8 Å². The molecule has 2 N–H and O–H groups in total. The van der Waals surface area contributed by atoms with Gasteiger partial charge in [0, 0.05) is 18.2 Å². The topological polar surface area (TPSA) is 114 Å². The van der Waals surface area contributed by atoms with Crippen molar-refractivity contribution in [2.24, 2.45) is 10.9 Å². The third-order valence-corrected chi connectivity index (χ3v) is 5.99. The molecule has 0 aliphatic carbocycles. The second-order valence-electron chi connectivity index (χ2n) is 7.17. The van der Waals surface area contributed by atoms with Crippen LogP contribution in [0.2, 0.25) is 0 Å². The summed E-state index contributed by atoms with van der Waals surface area (Å²) in [5, 5.41) is 2.84. The van der Waals surface area contributed by atoms with E-state index in [-0.39, 0.29) is 22.6 Å². The molecule has 0 bridgehead atoms. The smallest absolute Gasteiger partial charge is 0.263 e. The van der Waals surface area contributed by atoms with Gasteiger partial charge in [0.1, 0.15) is 17.4 Å². The number of aliphatic imine (C=N–C) groups is 1. The first-order chi connectivity index (χ1) is 13.7. The summed E-state index contributed by atoms with van der Waals surface area (Å²) in [6, 6.07) is 11.0. The molecule has 0 fully saturated rings. The molecule has 2 aromatic carbocycles. The summed E-state index contributed by atoms with van der Waals surface area (Å²) in [7, 11) is -3.66. The molecule has 0 unspecified atom stereocenters. The number of hydrogen-bond acceptors (Lipinski definition) is 6. The van der Waals surface area contributed by atoms with Crippen LogP contribution in [0.3, 0.4) is 0 Å². The quantitative estimate of drug-likeness (QED) is 0.684. The molecule has 1 amide bonds. The Hall–Kier alpha value is -3.20. The largest absolute Gasteiger partial charge is 0.441 e. The second kappa shape index (κ2) is 7.00. The fraction of sp³-hybridized carbons (Fsp3) is 0.250. The number of sulfonamides is 1. The molecule has 8 nitrogen and oxygen atoms in total. The molecule has 0 radical (unpaired) electrons. The van der Waals surface area contributed by atoms with Crippen LogP contribution < -0.4 is 10.0 Å². The molecule has 1 aliphatic rings. The minimum absolute atomic E-state index is 0.155. The molecule has 9 heteroatoms.